The molecule has 0 unspecified atom stereocenters. The third-order valence-electron chi connectivity index (χ3n) is 7.39. The number of nitrogens with one attached hydrogen (secondary N) is 1. The van der Waals surface area contributed by atoms with E-state index in [2.05, 4.69) is 24.7 Å². The van der Waals surface area contributed by atoms with Gasteiger partial charge < -0.3 is 19.7 Å². The van der Waals surface area contributed by atoms with E-state index in [-0.39, 0.29) is 39.7 Å². The number of likely N-dealkylation sites (tertiary alicyclic amines) is 1. The van der Waals surface area contributed by atoms with Gasteiger partial charge in [-0.3, -0.25) is 9.78 Å². The zero-order valence-electron chi connectivity index (χ0n) is 22.0. The number of hydrogen-bond donors (Lipinski definition) is 2. The van der Waals surface area contributed by atoms with Crippen molar-refractivity contribution in [1.29, 1.82) is 0 Å². The summed E-state index contributed by atoms with van der Waals surface area (Å²) in [5, 5.41) is 10.8. The molecule has 0 saturated carbocycles. The van der Waals surface area contributed by atoms with Crippen LogP contribution in [-0.2, 0) is 6.18 Å². The molecule has 43 heavy (non-hydrogen) atoms. The number of aromatic nitrogens is 4. The highest BCUT2D eigenvalue weighted by Gasteiger charge is 2.32. The molecular formula is C29H21F6N5O3. The zero-order chi connectivity index (χ0) is 30.5. The number of fused-ring (bicyclic) bond motifs is 2. The predicted molar refractivity (Wildman–Crippen MR) is 142 cm³/mol. The molecule has 5 aromatic rings. The average Bonchev–Trinajstić information content (AvgIpc) is 3.40. The van der Waals surface area contributed by atoms with Gasteiger partial charge >= 0.3 is 12.5 Å². The Bertz CT molecular complexity index is 1830. The molecule has 2 N–H and O–H groups in total. The Labute approximate surface area is 239 Å². The van der Waals surface area contributed by atoms with E-state index < -0.39 is 29.6 Å². The van der Waals surface area contributed by atoms with E-state index in [4.69, 9.17) is 0 Å². The van der Waals surface area contributed by atoms with Gasteiger partial charge in [-0.05, 0) is 72.9 Å². The number of nitrogens with zero attached hydrogens (tertiary/aromatic N) is 4. The van der Waals surface area contributed by atoms with Crippen LogP contribution >= 0.6 is 0 Å². The Morgan fingerprint density at radius 3 is 2.37 bits per heavy atom. The Kier molecular flexibility index (Phi) is 6.86. The van der Waals surface area contributed by atoms with E-state index in [1.54, 1.807) is 11.1 Å². The van der Waals surface area contributed by atoms with Crippen molar-refractivity contribution >= 4 is 28.0 Å². The minimum absolute atomic E-state index is 0.00840. The Hall–Kier alpha value is -4.88. The molecule has 1 aliphatic heterocycles. The summed E-state index contributed by atoms with van der Waals surface area (Å²) in [4.78, 5) is 30.7. The molecule has 1 amide bonds. The van der Waals surface area contributed by atoms with Crippen LogP contribution in [0.15, 0.2) is 60.9 Å². The third kappa shape index (κ3) is 5.64. The van der Waals surface area contributed by atoms with Crippen LogP contribution in [0.1, 0.15) is 40.2 Å². The second-order valence-electron chi connectivity index (χ2n) is 10.1. The number of aromatic hydroxyl groups is 1. The monoisotopic (exact) mass is 601 g/mol. The van der Waals surface area contributed by atoms with Gasteiger partial charge in [-0.25, -0.2) is 9.97 Å². The van der Waals surface area contributed by atoms with Crippen molar-refractivity contribution in [1.82, 2.24) is 24.8 Å². The number of rotatable bonds is 4. The molecule has 8 nitrogen and oxygen atoms in total. The number of H-pyrrole nitrogens is 1. The smallest absolute Gasteiger partial charge is 0.506 e. The van der Waals surface area contributed by atoms with Gasteiger partial charge in [0.15, 0.2) is 5.65 Å². The normalized spacial score (nSPS) is 14.9. The number of alkyl halides is 6. The maximum absolute atomic E-state index is 13.3. The lowest BCUT2D eigenvalue weighted by atomic mass is 9.89. The minimum atomic E-state index is -4.83. The van der Waals surface area contributed by atoms with Crippen molar-refractivity contribution in [3.63, 3.8) is 0 Å². The highest BCUT2D eigenvalue weighted by Crippen LogP contribution is 2.39. The van der Waals surface area contributed by atoms with E-state index in [0.29, 0.717) is 37.1 Å². The number of aromatic amines is 1. The van der Waals surface area contributed by atoms with E-state index >= 15 is 0 Å². The lowest BCUT2D eigenvalue weighted by molar-refractivity contribution is -0.274. The SMILES string of the molecule is O=C(c1ccc(OC(F)(F)F)cc1)N1CCC(c2ccnc3[nH]c(-c4cnc5ccc(C(F)(F)F)cc5c4O)nc23)CC1. The second kappa shape index (κ2) is 10.4. The fourth-order valence-electron chi connectivity index (χ4n) is 5.29. The number of pyridine rings is 2. The number of carbonyl (C=O) groups excluding carboxylic acids is 1. The first-order valence-corrected chi connectivity index (χ1v) is 13.1. The van der Waals surface area contributed by atoms with E-state index in [9.17, 15) is 36.2 Å². The summed E-state index contributed by atoms with van der Waals surface area (Å²) in [6.07, 6.45) is -5.35. The topological polar surface area (TPSA) is 104 Å². The Morgan fingerprint density at radius 1 is 0.977 bits per heavy atom. The number of ether oxygens (including phenoxy) is 1. The largest absolute Gasteiger partial charge is 0.573 e. The van der Waals surface area contributed by atoms with Crippen molar-refractivity contribution in [2.24, 2.45) is 0 Å². The molecule has 3 aromatic heterocycles. The van der Waals surface area contributed by atoms with Crippen molar-refractivity contribution in [3.8, 4) is 22.9 Å². The number of piperidine rings is 1. The molecule has 14 heteroatoms. The molecule has 2 aromatic carbocycles. The van der Waals surface area contributed by atoms with Crippen LogP contribution in [0.4, 0.5) is 26.3 Å². The molecule has 6 rings (SSSR count). The zero-order valence-corrected chi connectivity index (χ0v) is 22.0. The number of amides is 1. The van der Waals surface area contributed by atoms with E-state index in [1.807, 2.05) is 6.07 Å². The first-order valence-electron chi connectivity index (χ1n) is 13.1. The lowest BCUT2D eigenvalue weighted by Crippen LogP contribution is -2.38. The molecule has 0 spiro atoms. The minimum Gasteiger partial charge on any atom is -0.506 e. The van der Waals surface area contributed by atoms with Crippen LogP contribution in [0.3, 0.4) is 0 Å². The van der Waals surface area contributed by atoms with Gasteiger partial charge in [-0.15, -0.1) is 13.2 Å². The van der Waals surface area contributed by atoms with Gasteiger partial charge in [0.25, 0.3) is 5.91 Å². The van der Waals surface area contributed by atoms with Crippen molar-refractivity contribution < 1.29 is 41.0 Å². The van der Waals surface area contributed by atoms with Gasteiger partial charge in [0.2, 0.25) is 0 Å². The molecule has 0 atom stereocenters. The molecular weight excluding hydrogens is 580 g/mol. The fourth-order valence-corrected chi connectivity index (χ4v) is 5.29. The molecule has 0 aliphatic carbocycles. The highest BCUT2D eigenvalue weighted by molar-refractivity contribution is 5.94. The molecule has 0 radical (unpaired) electrons. The van der Waals surface area contributed by atoms with Crippen LogP contribution in [-0.4, -0.2) is 55.3 Å². The third-order valence-corrected chi connectivity index (χ3v) is 7.39. The quantitative estimate of drug-likeness (QED) is 0.219. The highest BCUT2D eigenvalue weighted by atomic mass is 19.4. The standard InChI is InChI=1S/C29H21F6N5O3/c30-28(31,32)17-3-6-22-20(13-17)24(41)21(14-37-22)25-38-23-19(7-10-36-26(23)39-25)15-8-11-40(12-9-15)27(42)16-1-4-18(5-2-16)43-29(33,34)35/h1-7,10,13-15H,8-9,11-12H2,(H,37,41)(H,36,38,39). The first kappa shape index (κ1) is 28.2. The average molecular weight is 602 g/mol. The summed E-state index contributed by atoms with van der Waals surface area (Å²) in [6, 6.07) is 9.49. The molecule has 1 aliphatic rings. The first-order chi connectivity index (χ1) is 20.4. The fraction of sp³-hybridized carbons (Fsp3) is 0.241. The molecule has 0 bridgehead atoms. The van der Waals surface area contributed by atoms with Crippen molar-refractivity contribution in [2.75, 3.05) is 13.1 Å². The van der Waals surface area contributed by atoms with E-state index in [1.165, 1.54) is 24.4 Å². The van der Waals surface area contributed by atoms with Crippen LogP contribution in [0, 0.1) is 0 Å². The summed E-state index contributed by atoms with van der Waals surface area (Å²) in [5.41, 5.74) is 1.41. The number of halogens is 6. The lowest BCUT2D eigenvalue weighted by Gasteiger charge is -2.32. The Morgan fingerprint density at radius 2 is 1.70 bits per heavy atom. The molecule has 1 saturated heterocycles. The number of carbonyl (C=O) groups is 1. The molecule has 222 valence electrons. The predicted octanol–water partition coefficient (Wildman–Crippen LogP) is 6.82. The van der Waals surface area contributed by atoms with Gasteiger partial charge in [-0.1, -0.05) is 0 Å². The van der Waals surface area contributed by atoms with Gasteiger partial charge in [0.1, 0.15) is 22.8 Å². The maximum Gasteiger partial charge on any atom is 0.573 e. The van der Waals surface area contributed by atoms with Gasteiger partial charge in [0, 0.05) is 36.4 Å². The van der Waals surface area contributed by atoms with Crippen LogP contribution < -0.4 is 4.74 Å². The summed E-state index contributed by atoms with van der Waals surface area (Å²) >= 11 is 0. The van der Waals surface area contributed by atoms with E-state index in [0.717, 1.165) is 29.8 Å². The number of hydrogen-bond acceptors (Lipinski definition) is 6. The van der Waals surface area contributed by atoms with Crippen molar-refractivity contribution in [2.45, 2.75) is 31.3 Å². The number of benzene rings is 2. The Balaban J connectivity index is 1.21. The summed E-state index contributed by atoms with van der Waals surface area (Å²) in [7, 11) is 0. The molecule has 4 heterocycles. The van der Waals surface area contributed by atoms with Gasteiger partial charge in [-0.2, -0.15) is 13.2 Å². The van der Waals surface area contributed by atoms with Crippen molar-refractivity contribution in [3.05, 3.63) is 77.6 Å². The summed E-state index contributed by atoms with van der Waals surface area (Å²) in [6.45, 7) is 0.782. The van der Waals surface area contributed by atoms with Crippen LogP contribution in [0.5, 0.6) is 11.5 Å². The van der Waals surface area contributed by atoms with Crippen LogP contribution in [0.2, 0.25) is 0 Å². The van der Waals surface area contributed by atoms with Crippen LogP contribution in [0.25, 0.3) is 33.5 Å². The summed E-state index contributed by atoms with van der Waals surface area (Å²) in [5.74, 6) is -0.953. The summed E-state index contributed by atoms with van der Waals surface area (Å²) < 4.78 is 80.9. The van der Waals surface area contributed by atoms with Gasteiger partial charge in [0.05, 0.1) is 16.6 Å². The maximum atomic E-state index is 13.3. The second-order valence-corrected chi connectivity index (χ2v) is 10.1. The molecule has 1 fully saturated rings. The number of imidazole rings is 1.